The highest BCUT2D eigenvalue weighted by molar-refractivity contribution is 5.38. The Kier molecular flexibility index (Phi) is 5.37. The molecule has 11 nitrogen and oxygen atoms in total. The summed E-state index contributed by atoms with van der Waals surface area (Å²) in [6.45, 7) is 1.76. The van der Waals surface area contributed by atoms with Crippen molar-refractivity contribution in [3.05, 3.63) is 0 Å². The topological polar surface area (TPSA) is 179 Å². The molecule has 0 amide bonds. The maximum absolute atomic E-state index is 10.8. The molecule has 2 aliphatic heterocycles. The molecule has 27 heavy (non-hydrogen) atoms. The van der Waals surface area contributed by atoms with E-state index >= 15 is 0 Å². The summed E-state index contributed by atoms with van der Waals surface area (Å²) in [6.07, 6.45) is -11.3. The summed E-state index contributed by atoms with van der Waals surface area (Å²) in [5.74, 6) is 0. The Morgan fingerprint density at radius 1 is 0.889 bits per heavy atom. The molecule has 0 unspecified atom stereocenters. The third kappa shape index (κ3) is 2.55. The maximum atomic E-state index is 10.8. The monoisotopic (exact) mass is 396 g/mol. The van der Waals surface area contributed by atoms with Gasteiger partial charge in [0.25, 0.3) is 0 Å². The predicted molar refractivity (Wildman–Crippen MR) is 85.1 cm³/mol. The van der Waals surface area contributed by atoms with Crippen molar-refractivity contribution in [1.82, 2.24) is 0 Å². The second kappa shape index (κ2) is 6.82. The zero-order chi connectivity index (χ0) is 20.4. The van der Waals surface area contributed by atoms with Gasteiger partial charge in [-0.15, -0.1) is 0 Å². The number of methoxy groups -OCH3 is 1. The number of rotatable bonds is 5. The van der Waals surface area contributed by atoms with E-state index in [1.165, 1.54) is 21.0 Å². The van der Waals surface area contributed by atoms with Crippen molar-refractivity contribution in [3.63, 3.8) is 0 Å². The lowest BCUT2D eigenvalue weighted by atomic mass is 9.97. The van der Waals surface area contributed by atoms with E-state index in [-0.39, 0.29) is 0 Å². The van der Waals surface area contributed by atoms with Crippen LogP contribution >= 0.6 is 0 Å². The van der Waals surface area contributed by atoms with Gasteiger partial charge in [-0.25, -0.2) is 0 Å². The van der Waals surface area contributed by atoms with E-state index in [1.54, 1.807) is 0 Å². The van der Waals surface area contributed by atoms with Gasteiger partial charge in [0.15, 0.2) is 12.6 Å². The number of ether oxygens (including phenoxy) is 4. The van der Waals surface area contributed by atoms with E-state index in [0.29, 0.717) is 0 Å². The van der Waals surface area contributed by atoms with E-state index in [0.717, 1.165) is 0 Å². The van der Waals surface area contributed by atoms with Gasteiger partial charge in [0.05, 0.1) is 13.2 Å². The van der Waals surface area contributed by atoms with Gasteiger partial charge in [-0.1, -0.05) is 13.8 Å². The normalized spacial score (nSPS) is 54.4. The minimum absolute atomic E-state index is 0.597. The molecule has 1 saturated carbocycles. The predicted octanol–water partition coefficient (Wildman–Crippen LogP) is -3.96. The van der Waals surface area contributed by atoms with Crippen LogP contribution < -0.4 is 0 Å². The van der Waals surface area contributed by atoms with Gasteiger partial charge < -0.3 is 54.7 Å². The molecule has 0 aromatic rings. The van der Waals surface area contributed by atoms with Crippen LogP contribution in [0.5, 0.6) is 0 Å². The molecule has 3 aliphatic rings. The van der Waals surface area contributed by atoms with Crippen LogP contribution in [0.1, 0.15) is 13.8 Å². The van der Waals surface area contributed by atoms with E-state index in [9.17, 15) is 35.7 Å². The number of aliphatic hydroxyl groups is 7. The SMILES string of the molecule is CO[C@@H]1O[C@H](CO)[C@@H](O[C@@H]2O[C@H](CO)[C@@]3(O)C(C)(C)[C@@]3(O)[C@H]2O)[C@H](O)[C@H]1O. The van der Waals surface area contributed by atoms with Crippen LogP contribution in [0, 0.1) is 5.41 Å². The first-order valence-electron chi connectivity index (χ1n) is 8.72. The number of hydrogen-bond donors (Lipinski definition) is 7. The van der Waals surface area contributed by atoms with Crippen LogP contribution in [0.25, 0.3) is 0 Å². The fraction of sp³-hybridized carbons (Fsp3) is 1.00. The minimum atomic E-state index is -2.03. The molecular weight excluding hydrogens is 368 g/mol. The van der Waals surface area contributed by atoms with Crippen molar-refractivity contribution >= 4 is 0 Å². The Morgan fingerprint density at radius 2 is 1.52 bits per heavy atom. The van der Waals surface area contributed by atoms with E-state index in [4.69, 9.17) is 18.9 Å². The lowest BCUT2D eigenvalue weighted by Crippen LogP contribution is -2.64. The largest absolute Gasteiger partial charge is 0.394 e. The molecule has 0 bridgehead atoms. The first-order chi connectivity index (χ1) is 12.5. The Labute approximate surface area is 155 Å². The molecule has 0 radical (unpaired) electrons. The Morgan fingerprint density at radius 3 is 2.04 bits per heavy atom. The second-order valence-corrected chi connectivity index (χ2v) is 7.82. The number of fused-ring (bicyclic) bond motifs is 1. The highest BCUT2D eigenvalue weighted by atomic mass is 16.7. The standard InChI is InChI=1S/C16H28O11/c1-14(2)15(22)7(5-18)26-13(11(21)16(14,15)23)27-10-6(4-17)25-12(24-3)9(20)8(10)19/h6-13,17-23H,4-5H2,1-3H3/t6-,7-,8-,9-,10-,11+,12-,13+,15-,16+/m1/s1. The summed E-state index contributed by atoms with van der Waals surface area (Å²) in [4.78, 5) is 0. The number of aliphatic hydroxyl groups excluding tert-OH is 5. The van der Waals surface area contributed by atoms with Crippen molar-refractivity contribution in [2.45, 2.75) is 74.3 Å². The highest BCUT2D eigenvalue weighted by Gasteiger charge is 2.90. The van der Waals surface area contributed by atoms with Crippen LogP contribution in [0.3, 0.4) is 0 Å². The average Bonchev–Trinajstić information content (AvgIpc) is 3.02. The van der Waals surface area contributed by atoms with E-state index in [2.05, 4.69) is 0 Å². The molecule has 2 saturated heterocycles. The molecule has 10 atom stereocenters. The summed E-state index contributed by atoms with van der Waals surface area (Å²) in [6, 6.07) is 0. The summed E-state index contributed by atoms with van der Waals surface area (Å²) in [5.41, 5.74) is -5.13. The average molecular weight is 396 g/mol. The minimum Gasteiger partial charge on any atom is -0.394 e. The Hall–Kier alpha value is -0.440. The van der Waals surface area contributed by atoms with Gasteiger partial charge in [0.2, 0.25) is 0 Å². The second-order valence-electron chi connectivity index (χ2n) is 7.82. The molecule has 158 valence electrons. The zero-order valence-corrected chi connectivity index (χ0v) is 15.3. The molecule has 0 aromatic carbocycles. The summed E-state index contributed by atoms with van der Waals surface area (Å²) >= 11 is 0. The van der Waals surface area contributed by atoms with Crippen molar-refractivity contribution in [1.29, 1.82) is 0 Å². The molecule has 7 N–H and O–H groups in total. The van der Waals surface area contributed by atoms with Crippen molar-refractivity contribution in [2.75, 3.05) is 20.3 Å². The van der Waals surface area contributed by atoms with Crippen LogP contribution in [0.2, 0.25) is 0 Å². The van der Waals surface area contributed by atoms with Crippen molar-refractivity contribution < 1.29 is 54.7 Å². The molecular formula is C16H28O11. The quantitative estimate of drug-likeness (QED) is 0.241. The summed E-state index contributed by atoms with van der Waals surface area (Å²) in [5, 5.41) is 71.6. The van der Waals surface area contributed by atoms with Crippen LogP contribution in [-0.4, -0.2) is 116 Å². The molecule has 11 heteroatoms. The molecule has 2 heterocycles. The number of hydrogen-bond acceptors (Lipinski definition) is 11. The first kappa shape index (κ1) is 21.3. The summed E-state index contributed by atoms with van der Waals surface area (Å²) < 4.78 is 21.2. The van der Waals surface area contributed by atoms with E-state index < -0.39 is 79.0 Å². The zero-order valence-electron chi connectivity index (χ0n) is 15.3. The third-order valence-electron chi connectivity index (χ3n) is 6.38. The molecule has 3 rings (SSSR count). The Balaban J connectivity index is 1.83. The first-order valence-corrected chi connectivity index (χ1v) is 8.72. The maximum Gasteiger partial charge on any atom is 0.187 e. The highest BCUT2D eigenvalue weighted by Crippen LogP contribution is 2.70. The lowest BCUT2D eigenvalue weighted by Gasteiger charge is -2.45. The summed E-state index contributed by atoms with van der Waals surface area (Å²) in [7, 11) is 1.25. The van der Waals surface area contributed by atoms with Crippen LogP contribution in [0.4, 0.5) is 0 Å². The van der Waals surface area contributed by atoms with Crippen molar-refractivity contribution in [2.24, 2.45) is 5.41 Å². The van der Waals surface area contributed by atoms with Gasteiger partial charge in [0, 0.05) is 12.5 Å². The van der Waals surface area contributed by atoms with Gasteiger partial charge in [-0.3, -0.25) is 0 Å². The Bertz CT molecular complexity index is 556. The van der Waals surface area contributed by atoms with Gasteiger partial charge in [-0.2, -0.15) is 0 Å². The lowest BCUT2D eigenvalue weighted by molar-refractivity contribution is -0.357. The van der Waals surface area contributed by atoms with Gasteiger partial charge >= 0.3 is 0 Å². The van der Waals surface area contributed by atoms with Crippen LogP contribution in [0.15, 0.2) is 0 Å². The van der Waals surface area contributed by atoms with Gasteiger partial charge in [-0.05, 0) is 0 Å². The van der Waals surface area contributed by atoms with Crippen LogP contribution in [-0.2, 0) is 18.9 Å². The molecule has 0 aromatic heterocycles. The smallest absolute Gasteiger partial charge is 0.187 e. The van der Waals surface area contributed by atoms with E-state index in [1.807, 2.05) is 0 Å². The fourth-order valence-electron chi connectivity index (χ4n) is 4.52. The fourth-order valence-corrected chi connectivity index (χ4v) is 4.52. The van der Waals surface area contributed by atoms with Crippen molar-refractivity contribution in [3.8, 4) is 0 Å². The van der Waals surface area contributed by atoms with Gasteiger partial charge in [0.1, 0.15) is 47.8 Å². The molecule has 3 fully saturated rings. The molecule has 1 aliphatic carbocycles. The molecule has 0 spiro atoms. The third-order valence-corrected chi connectivity index (χ3v) is 6.38.